The predicted molar refractivity (Wildman–Crippen MR) is 99.2 cm³/mol. The average molecular weight is 370 g/mol. The van der Waals surface area contributed by atoms with Gasteiger partial charge in [0.05, 0.1) is 23.0 Å². The fraction of sp³-hybridized carbons (Fsp3) is 0. The number of rotatable bonds is 5. The Morgan fingerprint density at radius 2 is 1.96 bits per heavy atom. The molecule has 0 saturated heterocycles. The van der Waals surface area contributed by atoms with E-state index in [-0.39, 0.29) is 16.4 Å². The van der Waals surface area contributed by atoms with Crippen LogP contribution >= 0.6 is 11.6 Å². The highest BCUT2D eigenvalue weighted by atomic mass is 35.5. The zero-order chi connectivity index (χ0) is 18.5. The lowest BCUT2D eigenvalue weighted by Crippen LogP contribution is -2.22. The average Bonchev–Trinajstić information content (AvgIpc) is 2.66. The number of nitro benzene ring substituents is 1. The molecule has 3 rings (SSSR count). The molecule has 8 nitrogen and oxygen atoms in total. The van der Waals surface area contributed by atoms with Crippen LogP contribution in [0.3, 0.4) is 0 Å². The number of halogens is 1. The Bertz CT molecular complexity index is 1030. The van der Waals surface area contributed by atoms with Crippen LogP contribution in [-0.2, 0) is 0 Å². The van der Waals surface area contributed by atoms with Gasteiger partial charge in [0.1, 0.15) is 10.7 Å². The summed E-state index contributed by atoms with van der Waals surface area (Å²) in [5.41, 5.74) is 3.42. The summed E-state index contributed by atoms with van der Waals surface area (Å²) in [4.78, 5) is 22.6. The van der Waals surface area contributed by atoms with Crippen molar-refractivity contribution >= 4 is 29.2 Å². The molecule has 0 saturated carbocycles. The highest BCUT2D eigenvalue weighted by molar-refractivity contribution is 6.32. The Labute approximate surface area is 152 Å². The summed E-state index contributed by atoms with van der Waals surface area (Å²) < 4.78 is 1.18. The molecule has 0 radical (unpaired) electrons. The minimum Gasteiger partial charge on any atom is -0.275 e. The normalized spacial score (nSPS) is 10.8. The second-order valence-electron chi connectivity index (χ2n) is 5.15. The van der Waals surface area contributed by atoms with E-state index in [1.165, 1.54) is 29.2 Å². The summed E-state index contributed by atoms with van der Waals surface area (Å²) in [5.74, 6) is 0. The van der Waals surface area contributed by atoms with Crippen molar-refractivity contribution in [1.82, 2.24) is 9.78 Å². The van der Waals surface area contributed by atoms with Gasteiger partial charge < -0.3 is 0 Å². The predicted octanol–water partition coefficient (Wildman–Crippen LogP) is 3.24. The van der Waals surface area contributed by atoms with E-state index < -0.39 is 10.5 Å². The quantitative estimate of drug-likeness (QED) is 0.422. The van der Waals surface area contributed by atoms with Crippen molar-refractivity contribution in [3.63, 3.8) is 0 Å². The highest BCUT2D eigenvalue weighted by Crippen LogP contribution is 2.17. The van der Waals surface area contributed by atoms with Crippen LogP contribution in [0.15, 0.2) is 70.7 Å². The van der Waals surface area contributed by atoms with E-state index >= 15 is 0 Å². The van der Waals surface area contributed by atoms with E-state index in [2.05, 4.69) is 15.6 Å². The Balaban J connectivity index is 1.81. The lowest BCUT2D eigenvalue weighted by Gasteiger charge is -2.07. The summed E-state index contributed by atoms with van der Waals surface area (Å²) in [6, 6.07) is 14.8. The molecular formula is C17H12ClN5O3. The maximum Gasteiger partial charge on any atom is 0.292 e. The topological polar surface area (TPSA) is 102 Å². The molecular weight excluding hydrogens is 358 g/mol. The lowest BCUT2D eigenvalue weighted by atomic mass is 10.2. The molecule has 0 atom stereocenters. The number of anilines is 1. The molecule has 0 aliphatic rings. The fourth-order valence-corrected chi connectivity index (χ4v) is 2.33. The number of nitro groups is 1. The lowest BCUT2D eigenvalue weighted by molar-refractivity contribution is -0.384. The van der Waals surface area contributed by atoms with Gasteiger partial charge in [0.2, 0.25) is 0 Å². The van der Waals surface area contributed by atoms with Crippen LogP contribution in [0, 0.1) is 10.1 Å². The number of hydrogen-bond acceptors (Lipinski definition) is 6. The van der Waals surface area contributed by atoms with Gasteiger partial charge in [-0.25, -0.2) is 0 Å². The number of non-ortho nitro benzene ring substituents is 1. The van der Waals surface area contributed by atoms with Gasteiger partial charge in [-0.1, -0.05) is 41.9 Å². The summed E-state index contributed by atoms with van der Waals surface area (Å²) in [6.07, 6.45) is 2.76. The van der Waals surface area contributed by atoms with E-state index in [1.54, 1.807) is 36.4 Å². The number of hydrogen-bond donors (Lipinski definition) is 1. The first-order chi connectivity index (χ1) is 12.6. The second kappa shape index (κ2) is 7.58. The van der Waals surface area contributed by atoms with Gasteiger partial charge >= 0.3 is 0 Å². The minimum atomic E-state index is -0.492. The molecule has 2 aromatic carbocycles. The smallest absolute Gasteiger partial charge is 0.275 e. The van der Waals surface area contributed by atoms with Crippen LogP contribution in [0.5, 0.6) is 0 Å². The molecule has 0 amide bonds. The van der Waals surface area contributed by atoms with Gasteiger partial charge in [-0.05, 0) is 12.1 Å². The molecule has 0 bridgehead atoms. The summed E-state index contributed by atoms with van der Waals surface area (Å²) in [5, 5.41) is 18.7. The molecule has 3 aromatic rings. The number of benzene rings is 2. The molecule has 0 aliphatic carbocycles. The van der Waals surface area contributed by atoms with Crippen LogP contribution in [0.2, 0.25) is 5.02 Å². The first-order valence-electron chi connectivity index (χ1n) is 7.43. The van der Waals surface area contributed by atoms with Crippen LogP contribution in [0.4, 0.5) is 11.4 Å². The van der Waals surface area contributed by atoms with E-state index in [4.69, 9.17) is 11.6 Å². The fourth-order valence-electron chi connectivity index (χ4n) is 2.16. The van der Waals surface area contributed by atoms with Crippen LogP contribution < -0.4 is 11.0 Å². The van der Waals surface area contributed by atoms with Crippen LogP contribution in [-0.4, -0.2) is 20.9 Å². The number of aromatic nitrogens is 2. The summed E-state index contributed by atoms with van der Waals surface area (Å²) in [7, 11) is 0. The molecule has 26 heavy (non-hydrogen) atoms. The van der Waals surface area contributed by atoms with Crippen molar-refractivity contribution in [1.29, 1.82) is 0 Å². The zero-order valence-corrected chi connectivity index (χ0v) is 14.0. The Morgan fingerprint density at radius 3 is 2.69 bits per heavy atom. The van der Waals surface area contributed by atoms with Crippen molar-refractivity contribution < 1.29 is 4.92 Å². The van der Waals surface area contributed by atoms with Crippen molar-refractivity contribution in [3.8, 4) is 5.69 Å². The Hall–Kier alpha value is -3.52. The summed E-state index contributed by atoms with van der Waals surface area (Å²) in [6.45, 7) is 0. The van der Waals surface area contributed by atoms with E-state index in [0.717, 1.165) is 0 Å². The molecule has 1 N–H and O–H groups in total. The molecule has 9 heteroatoms. The number of hydrazone groups is 1. The maximum atomic E-state index is 12.3. The van der Waals surface area contributed by atoms with Gasteiger partial charge in [-0.2, -0.15) is 14.9 Å². The van der Waals surface area contributed by atoms with Crippen molar-refractivity contribution in [3.05, 3.63) is 91.8 Å². The van der Waals surface area contributed by atoms with Gasteiger partial charge in [0, 0.05) is 17.7 Å². The van der Waals surface area contributed by atoms with Gasteiger partial charge in [0.15, 0.2) is 0 Å². The zero-order valence-electron chi connectivity index (χ0n) is 13.2. The van der Waals surface area contributed by atoms with E-state index in [0.29, 0.717) is 11.3 Å². The SMILES string of the molecule is O=c1c(Cl)c(N/N=C\c2cccc([N+](=O)[O-])c2)cnn1-c1ccccc1. The molecule has 1 aromatic heterocycles. The third kappa shape index (κ3) is 3.76. The highest BCUT2D eigenvalue weighted by Gasteiger charge is 2.10. The molecule has 0 unspecified atom stereocenters. The summed E-state index contributed by atoms with van der Waals surface area (Å²) >= 11 is 6.10. The van der Waals surface area contributed by atoms with E-state index in [9.17, 15) is 14.9 Å². The largest absolute Gasteiger partial charge is 0.292 e. The van der Waals surface area contributed by atoms with Gasteiger partial charge in [-0.15, -0.1) is 0 Å². The monoisotopic (exact) mass is 369 g/mol. The first-order valence-corrected chi connectivity index (χ1v) is 7.81. The third-order valence-electron chi connectivity index (χ3n) is 3.40. The minimum absolute atomic E-state index is 0.0425. The number of para-hydroxylation sites is 1. The maximum absolute atomic E-state index is 12.3. The number of nitrogens with one attached hydrogen (secondary N) is 1. The molecule has 0 aliphatic heterocycles. The second-order valence-corrected chi connectivity index (χ2v) is 5.52. The molecule has 130 valence electrons. The number of nitrogens with zero attached hydrogens (tertiary/aromatic N) is 4. The van der Waals surface area contributed by atoms with Crippen molar-refractivity contribution in [2.24, 2.45) is 5.10 Å². The van der Waals surface area contributed by atoms with Gasteiger partial charge in [0.25, 0.3) is 11.2 Å². The van der Waals surface area contributed by atoms with Crippen molar-refractivity contribution in [2.45, 2.75) is 0 Å². The molecule has 1 heterocycles. The van der Waals surface area contributed by atoms with E-state index in [1.807, 2.05) is 6.07 Å². The third-order valence-corrected chi connectivity index (χ3v) is 3.76. The van der Waals surface area contributed by atoms with Gasteiger partial charge in [-0.3, -0.25) is 20.3 Å². The van der Waals surface area contributed by atoms with Crippen molar-refractivity contribution in [2.75, 3.05) is 5.43 Å². The Kier molecular flexibility index (Phi) is 5.04. The van der Waals surface area contributed by atoms with Crippen LogP contribution in [0.1, 0.15) is 5.56 Å². The first kappa shape index (κ1) is 17.3. The molecule has 0 fully saturated rings. The molecule has 0 spiro atoms. The standard InChI is InChI=1S/C17H12ClN5O3/c18-16-15(11-20-22(17(16)24)13-6-2-1-3-7-13)21-19-10-12-5-4-8-14(9-12)23(25)26/h1-11,21H/b19-10-. The van der Waals surface area contributed by atoms with Crippen LogP contribution in [0.25, 0.3) is 5.69 Å². The Morgan fingerprint density at radius 1 is 1.19 bits per heavy atom.